The summed E-state index contributed by atoms with van der Waals surface area (Å²) in [7, 11) is 1.95. The van der Waals surface area contributed by atoms with Gasteiger partial charge in [0.15, 0.2) is 0 Å². The second-order valence-electron chi connectivity index (χ2n) is 5.05. The second kappa shape index (κ2) is 5.52. The Hall–Kier alpha value is -1.36. The molecular weight excluding hydrogens is 228 g/mol. The van der Waals surface area contributed by atoms with E-state index in [1.54, 1.807) is 6.20 Å². The van der Waals surface area contributed by atoms with Crippen LogP contribution in [-0.2, 0) is 18.4 Å². The average molecular weight is 250 g/mol. The van der Waals surface area contributed by atoms with Gasteiger partial charge in [-0.2, -0.15) is 0 Å². The van der Waals surface area contributed by atoms with Gasteiger partial charge in [0.05, 0.1) is 12.6 Å². The molecule has 1 atom stereocenters. The number of imidazole rings is 1. The quantitative estimate of drug-likeness (QED) is 0.820. The number of amides is 1. The maximum Gasteiger partial charge on any atom is 0.240 e. The van der Waals surface area contributed by atoms with E-state index in [1.165, 1.54) is 0 Å². The van der Waals surface area contributed by atoms with Crippen molar-refractivity contribution < 1.29 is 4.79 Å². The molecule has 0 bridgehead atoms. The summed E-state index contributed by atoms with van der Waals surface area (Å²) < 4.78 is 1.95. The molecule has 5 heteroatoms. The fourth-order valence-corrected chi connectivity index (χ4v) is 2.12. The summed E-state index contributed by atoms with van der Waals surface area (Å²) >= 11 is 0. The molecule has 1 amide bonds. The van der Waals surface area contributed by atoms with E-state index in [0.29, 0.717) is 12.6 Å². The van der Waals surface area contributed by atoms with Gasteiger partial charge in [0.2, 0.25) is 5.91 Å². The van der Waals surface area contributed by atoms with Crippen LogP contribution in [0.4, 0.5) is 0 Å². The Bertz CT molecular complexity index is 411. The minimum Gasteiger partial charge on any atom is -0.337 e. The first-order chi connectivity index (χ1) is 8.63. The molecule has 2 N–H and O–H groups in total. The lowest BCUT2D eigenvalue weighted by atomic mass is 10.1. The zero-order valence-electron chi connectivity index (χ0n) is 11.2. The zero-order chi connectivity index (χ0) is 13.1. The molecule has 0 radical (unpaired) electrons. The smallest absolute Gasteiger partial charge is 0.240 e. The van der Waals surface area contributed by atoms with Gasteiger partial charge in [-0.25, -0.2) is 4.98 Å². The summed E-state index contributed by atoms with van der Waals surface area (Å²) in [4.78, 5) is 18.5. The predicted octanol–water partition coefficient (Wildman–Crippen LogP) is 1.04. The molecule has 1 fully saturated rings. The zero-order valence-corrected chi connectivity index (χ0v) is 11.2. The van der Waals surface area contributed by atoms with Gasteiger partial charge in [-0.15, -0.1) is 0 Å². The second-order valence-corrected chi connectivity index (χ2v) is 5.05. The highest BCUT2D eigenvalue weighted by Crippen LogP contribution is 2.28. The molecule has 1 heterocycles. The molecule has 0 aromatic carbocycles. The van der Waals surface area contributed by atoms with E-state index in [4.69, 9.17) is 5.73 Å². The Morgan fingerprint density at radius 3 is 2.89 bits per heavy atom. The van der Waals surface area contributed by atoms with Crippen LogP contribution in [0.5, 0.6) is 0 Å². The predicted molar refractivity (Wildman–Crippen MR) is 69.7 cm³/mol. The van der Waals surface area contributed by atoms with E-state index < -0.39 is 0 Å². The van der Waals surface area contributed by atoms with Crippen molar-refractivity contribution in [3.63, 3.8) is 0 Å². The molecule has 5 nitrogen and oxygen atoms in total. The molecule has 0 unspecified atom stereocenters. The van der Waals surface area contributed by atoms with E-state index in [9.17, 15) is 4.79 Å². The summed E-state index contributed by atoms with van der Waals surface area (Å²) in [5.74, 6) is 0.987. The van der Waals surface area contributed by atoms with Crippen LogP contribution in [0, 0.1) is 0 Å². The first-order valence-electron chi connectivity index (χ1n) is 6.65. The van der Waals surface area contributed by atoms with Crippen LogP contribution in [-0.4, -0.2) is 32.4 Å². The molecule has 1 aromatic heterocycles. The summed E-state index contributed by atoms with van der Waals surface area (Å²) in [5, 5.41) is 0. The maximum absolute atomic E-state index is 12.3. The largest absolute Gasteiger partial charge is 0.337 e. The summed E-state index contributed by atoms with van der Waals surface area (Å²) in [6, 6.07) is 0.00738. The molecule has 0 spiro atoms. The Morgan fingerprint density at radius 2 is 2.39 bits per heavy atom. The average Bonchev–Trinajstić information content (AvgIpc) is 3.10. The Balaban J connectivity index is 2.04. The first kappa shape index (κ1) is 13.1. The number of hydrogen-bond acceptors (Lipinski definition) is 3. The topological polar surface area (TPSA) is 64.2 Å². The van der Waals surface area contributed by atoms with Crippen LogP contribution < -0.4 is 5.73 Å². The maximum atomic E-state index is 12.3. The van der Waals surface area contributed by atoms with Gasteiger partial charge < -0.3 is 15.2 Å². The van der Waals surface area contributed by atoms with Crippen LogP contribution in [0.2, 0.25) is 0 Å². The molecule has 2 rings (SSSR count). The molecule has 0 saturated heterocycles. The molecule has 1 aromatic rings. The van der Waals surface area contributed by atoms with Gasteiger partial charge in [-0.3, -0.25) is 4.79 Å². The van der Waals surface area contributed by atoms with Gasteiger partial charge in [0.25, 0.3) is 0 Å². The van der Waals surface area contributed by atoms with Crippen molar-refractivity contribution in [1.29, 1.82) is 0 Å². The van der Waals surface area contributed by atoms with Gasteiger partial charge in [-0.05, 0) is 19.3 Å². The van der Waals surface area contributed by atoms with E-state index in [-0.39, 0.29) is 11.9 Å². The highest BCUT2D eigenvalue weighted by molar-refractivity contribution is 5.82. The van der Waals surface area contributed by atoms with Crippen molar-refractivity contribution in [3.8, 4) is 0 Å². The number of rotatable bonds is 6. The molecule has 100 valence electrons. The fourth-order valence-electron chi connectivity index (χ4n) is 2.12. The van der Waals surface area contributed by atoms with Crippen molar-refractivity contribution in [1.82, 2.24) is 14.5 Å². The summed E-state index contributed by atoms with van der Waals surface area (Å²) in [6.07, 6.45) is 7.54. The number of nitrogens with two attached hydrogens (primary N) is 1. The lowest BCUT2D eigenvalue weighted by Crippen LogP contribution is -2.44. The Kier molecular flexibility index (Phi) is 4.01. The van der Waals surface area contributed by atoms with Crippen LogP contribution in [0.25, 0.3) is 0 Å². The van der Waals surface area contributed by atoms with Gasteiger partial charge in [0.1, 0.15) is 5.82 Å². The van der Waals surface area contributed by atoms with E-state index >= 15 is 0 Å². The summed E-state index contributed by atoms with van der Waals surface area (Å²) in [5.41, 5.74) is 5.94. The third kappa shape index (κ3) is 2.90. The minimum absolute atomic E-state index is 0.0716. The molecule has 1 aliphatic rings. The van der Waals surface area contributed by atoms with Gasteiger partial charge in [0, 0.05) is 25.5 Å². The van der Waals surface area contributed by atoms with Crippen LogP contribution in [0.15, 0.2) is 12.4 Å². The van der Waals surface area contributed by atoms with E-state index in [1.807, 2.05) is 29.6 Å². The minimum atomic E-state index is -0.365. The standard InChI is InChI=1S/C13H22N4O/c1-3-4-11(14)13(18)17(10-5-6-10)9-12-15-7-8-16(12)2/h7-8,10-11H,3-6,9,14H2,1-2H3/t11-/m1/s1. The fraction of sp³-hybridized carbons (Fsp3) is 0.692. The van der Waals surface area contributed by atoms with Crippen LogP contribution in [0.3, 0.4) is 0 Å². The Labute approximate surface area is 108 Å². The molecule has 0 aliphatic heterocycles. The van der Waals surface area contributed by atoms with E-state index in [2.05, 4.69) is 4.98 Å². The van der Waals surface area contributed by atoms with Crippen molar-refractivity contribution in [2.24, 2.45) is 12.8 Å². The molecule has 1 saturated carbocycles. The van der Waals surface area contributed by atoms with Crippen LogP contribution in [0.1, 0.15) is 38.4 Å². The number of nitrogens with zero attached hydrogens (tertiary/aromatic N) is 3. The Morgan fingerprint density at radius 1 is 1.67 bits per heavy atom. The molecular formula is C13H22N4O. The lowest BCUT2D eigenvalue weighted by Gasteiger charge is -2.25. The van der Waals surface area contributed by atoms with Crippen molar-refractivity contribution >= 4 is 5.91 Å². The number of aryl methyl sites for hydroxylation is 1. The molecule has 18 heavy (non-hydrogen) atoms. The third-order valence-electron chi connectivity index (χ3n) is 3.42. The number of hydrogen-bond donors (Lipinski definition) is 1. The lowest BCUT2D eigenvalue weighted by molar-refractivity contribution is -0.134. The first-order valence-corrected chi connectivity index (χ1v) is 6.65. The summed E-state index contributed by atoms with van der Waals surface area (Å²) in [6.45, 7) is 2.62. The van der Waals surface area contributed by atoms with Crippen molar-refractivity contribution in [2.75, 3.05) is 0 Å². The molecule has 1 aliphatic carbocycles. The van der Waals surface area contributed by atoms with Crippen molar-refractivity contribution in [3.05, 3.63) is 18.2 Å². The SMILES string of the molecule is CCC[C@@H](N)C(=O)N(Cc1nccn1C)C1CC1. The highest BCUT2D eigenvalue weighted by atomic mass is 16.2. The monoisotopic (exact) mass is 250 g/mol. The van der Waals surface area contributed by atoms with Gasteiger partial charge >= 0.3 is 0 Å². The number of carbonyl (C=O) groups excluding carboxylic acids is 1. The van der Waals surface area contributed by atoms with E-state index in [0.717, 1.165) is 31.5 Å². The number of aromatic nitrogens is 2. The normalized spacial score (nSPS) is 16.6. The highest BCUT2D eigenvalue weighted by Gasteiger charge is 2.35. The third-order valence-corrected chi connectivity index (χ3v) is 3.42. The van der Waals surface area contributed by atoms with Crippen LogP contribution >= 0.6 is 0 Å². The van der Waals surface area contributed by atoms with Crippen molar-refractivity contribution in [2.45, 2.75) is 51.2 Å². The van der Waals surface area contributed by atoms with Gasteiger partial charge in [-0.1, -0.05) is 13.3 Å². The number of carbonyl (C=O) groups is 1.